The standard InChI is InChI=1S/C13H17N5O.ClH/c1-9-4-6-18-12(16-9)11(8-15-18)13(19)17(2)10-3-5-14-7-10;/h4,6,8,10,14H,3,5,7H2,1-2H3;1H. The molecule has 0 radical (unpaired) electrons. The maximum absolute atomic E-state index is 12.5. The Bertz CT molecular complexity index is 620. The summed E-state index contributed by atoms with van der Waals surface area (Å²) in [6.45, 7) is 3.73. The van der Waals surface area contributed by atoms with Gasteiger partial charge in [0.15, 0.2) is 5.65 Å². The third-order valence-corrected chi connectivity index (χ3v) is 3.64. The molecule has 0 aromatic carbocycles. The predicted octanol–water partition coefficient (Wildman–Crippen LogP) is 0.893. The van der Waals surface area contributed by atoms with Crippen LogP contribution in [-0.4, -0.2) is 51.6 Å². The van der Waals surface area contributed by atoms with Crippen LogP contribution >= 0.6 is 12.4 Å². The van der Waals surface area contributed by atoms with Gasteiger partial charge in [-0.1, -0.05) is 0 Å². The van der Waals surface area contributed by atoms with E-state index < -0.39 is 0 Å². The maximum Gasteiger partial charge on any atom is 0.259 e. The molecule has 6 nitrogen and oxygen atoms in total. The summed E-state index contributed by atoms with van der Waals surface area (Å²) in [5.41, 5.74) is 2.08. The molecule has 0 saturated carbocycles. The van der Waals surface area contributed by atoms with Gasteiger partial charge in [-0.05, 0) is 26.0 Å². The Kier molecular flexibility index (Phi) is 4.25. The lowest BCUT2D eigenvalue weighted by Crippen LogP contribution is -2.38. The van der Waals surface area contributed by atoms with Crippen LogP contribution in [0.15, 0.2) is 18.5 Å². The van der Waals surface area contributed by atoms with E-state index in [0.29, 0.717) is 11.2 Å². The molecule has 0 bridgehead atoms. The van der Waals surface area contributed by atoms with Gasteiger partial charge >= 0.3 is 0 Å². The van der Waals surface area contributed by atoms with Gasteiger partial charge in [-0.3, -0.25) is 4.79 Å². The zero-order chi connectivity index (χ0) is 13.4. The van der Waals surface area contributed by atoms with E-state index in [1.807, 2.05) is 26.2 Å². The number of likely N-dealkylation sites (N-methyl/N-ethyl adjacent to an activating group) is 1. The van der Waals surface area contributed by atoms with Crippen molar-refractivity contribution in [3.05, 3.63) is 29.7 Å². The second kappa shape index (κ2) is 5.76. The van der Waals surface area contributed by atoms with Gasteiger partial charge < -0.3 is 10.2 Å². The molecular formula is C13H18ClN5O. The molecule has 1 atom stereocenters. The van der Waals surface area contributed by atoms with Crippen molar-refractivity contribution < 1.29 is 4.79 Å². The molecule has 108 valence electrons. The number of halogens is 1. The third-order valence-electron chi connectivity index (χ3n) is 3.64. The molecule has 1 unspecified atom stereocenters. The van der Waals surface area contributed by atoms with Crippen molar-refractivity contribution in [2.45, 2.75) is 19.4 Å². The molecule has 2 aromatic rings. The second-order valence-electron chi connectivity index (χ2n) is 4.96. The number of aromatic nitrogens is 3. The van der Waals surface area contributed by atoms with E-state index in [1.165, 1.54) is 0 Å². The smallest absolute Gasteiger partial charge is 0.259 e. The van der Waals surface area contributed by atoms with E-state index in [-0.39, 0.29) is 24.4 Å². The quantitative estimate of drug-likeness (QED) is 0.894. The molecule has 0 spiro atoms. The van der Waals surface area contributed by atoms with Crippen molar-refractivity contribution in [2.24, 2.45) is 0 Å². The summed E-state index contributed by atoms with van der Waals surface area (Å²) in [7, 11) is 1.85. The van der Waals surface area contributed by atoms with Gasteiger partial charge in [0.05, 0.1) is 6.20 Å². The maximum atomic E-state index is 12.5. The Balaban J connectivity index is 0.00000147. The fraction of sp³-hybridized carbons (Fsp3) is 0.462. The molecule has 7 heteroatoms. The van der Waals surface area contributed by atoms with Crippen LogP contribution in [0.5, 0.6) is 0 Å². The summed E-state index contributed by atoms with van der Waals surface area (Å²) < 4.78 is 1.64. The highest BCUT2D eigenvalue weighted by Gasteiger charge is 2.26. The summed E-state index contributed by atoms with van der Waals surface area (Å²) in [5, 5.41) is 7.45. The minimum absolute atomic E-state index is 0. The van der Waals surface area contributed by atoms with E-state index in [9.17, 15) is 4.79 Å². The molecule has 3 heterocycles. The van der Waals surface area contributed by atoms with Gasteiger partial charge in [0.2, 0.25) is 0 Å². The number of amides is 1. The van der Waals surface area contributed by atoms with Gasteiger partial charge in [-0.25, -0.2) is 9.50 Å². The average molecular weight is 296 g/mol. The minimum Gasteiger partial charge on any atom is -0.337 e. The molecule has 1 aliphatic rings. The van der Waals surface area contributed by atoms with Crippen LogP contribution in [0, 0.1) is 6.92 Å². The Labute approximate surface area is 123 Å². The first-order valence-electron chi connectivity index (χ1n) is 6.45. The molecule has 1 amide bonds. The molecule has 1 fully saturated rings. The van der Waals surface area contributed by atoms with Crippen LogP contribution in [0.4, 0.5) is 0 Å². The molecule has 20 heavy (non-hydrogen) atoms. The molecule has 1 N–H and O–H groups in total. The molecule has 2 aromatic heterocycles. The highest BCUT2D eigenvalue weighted by atomic mass is 35.5. The Morgan fingerprint density at radius 2 is 2.35 bits per heavy atom. The van der Waals surface area contributed by atoms with Crippen molar-refractivity contribution >= 4 is 24.0 Å². The zero-order valence-corrected chi connectivity index (χ0v) is 12.4. The number of carbonyl (C=O) groups is 1. The van der Waals surface area contributed by atoms with Crippen LogP contribution in [0.3, 0.4) is 0 Å². The van der Waals surface area contributed by atoms with Crippen molar-refractivity contribution in [2.75, 3.05) is 20.1 Å². The Hall–Kier alpha value is -1.66. The van der Waals surface area contributed by atoms with Gasteiger partial charge in [-0.2, -0.15) is 5.10 Å². The summed E-state index contributed by atoms with van der Waals surface area (Å²) in [5.74, 6) is -0.0122. The Morgan fingerprint density at radius 3 is 3.05 bits per heavy atom. The van der Waals surface area contributed by atoms with Crippen LogP contribution in [-0.2, 0) is 0 Å². The van der Waals surface area contributed by atoms with Crippen molar-refractivity contribution in [3.8, 4) is 0 Å². The van der Waals surface area contributed by atoms with E-state index in [0.717, 1.165) is 25.2 Å². The lowest BCUT2D eigenvalue weighted by molar-refractivity contribution is 0.0745. The molecule has 1 saturated heterocycles. The minimum atomic E-state index is -0.0122. The van der Waals surface area contributed by atoms with E-state index in [2.05, 4.69) is 15.4 Å². The van der Waals surface area contributed by atoms with Gasteiger partial charge in [0.25, 0.3) is 5.91 Å². The number of fused-ring (bicyclic) bond motifs is 1. The molecule has 1 aliphatic heterocycles. The van der Waals surface area contributed by atoms with Crippen LogP contribution in [0.25, 0.3) is 5.65 Å². The predicted molar refractivity (Wildman–Crippen MR) is 78.3 cm³/mol. The van der Waals surface area contributed by atoms with Gasteiger partial charge in [0, 0.05) is 31.5 Å². The highest BCUT2D eigenvalue weighted by Crippen LogP contribution is 2.15. The number of aryl methyl sites for hydroxylation is 1. The fourth-order valence-corrected chi connectivity index (χ4v) is 2.44. The number of carbonyl (C=O) groups excluding carboxylic acids is 1. The van der Waals surface area contributed by atoms with E-state index in [1.54, 1.807) is 15.6 Å². The lowest BCUT2D eigenvalue weighted by atomic mass is 10.2. The Morgan fingerprint density at radius 1 is 1.55 bits per heavy atom. The second-order valence-corrected chi connectivity index (χ2v) is 4.96. The van der Waals surface area contributed by atoms with Gasteiger partial charge in [-0.15, -0.1) is 12.4 Å². The summed E-state index contributed by atoms with van der Waals surface area (Å²) in [6.07, 6.45) is 4.42. The van der Waals surface area contributed by atoms with Crippen LogP contribution in [0.2, 0.25) is 0 Å². The first-order valence-corrected chi connectivity index (χ1v) is 6.45. The van der Waals surface area contributed by atoms with Crippen molar-refractivity contribution in [3.63, 3.8) is 0 Å². The molecule has 3 rings (SSSR count). The van der Waals surface area contributed by atoms with E-state index in [4.69, 9.17) is 0 Å². The number of rotatable bonds is 2. The summed E-state index contributed by atoms with van der Waals surface area (Å²) >= 11 is 0. The first-order chi connectivity index (χ1) is 9.16. The number of nitrogens with zero attached hydrogens (tertiary/aromatic N) is 4. The molecular weight excluding hydrogens is 278 g/mol. The normalized spacial score (nSPS) is 18.0. The van der Waals surface area contributed by atoms with Crippen molar-refractivity contribution in [1.29, 1.82) is 0 Å². The van der Waals surface area contributed by atoms with Crippen LogP contribution in [0.1, 0.15) is 22.5 Å². The first kappa shape index (κ1) is 14.7. The lowest BCUT2D eigenvalue weighted by Gasteiger charge is -2.23. The number of hydrogen-bond donors (Lipinski definition) is 1. The zero-order valence-electron chi connectivity index (χ0n) is 11.5. The monoisotopic (exact) mass is 295 g/mol. The SMILES string of the molecule is Cc1ccn2ncc(C(=O)N(C)C3CCNC3)c2n1.Cl. The topological polar surface area (TPSA) is 62.5 Å². The fourth-order valence-electron chi connectivity index (χ4n) is 2.44. The summed E-state index contributed by atoms with van der Waals surface area (Å²) in [4.78, 5) is 18.7. The summed E-state index contributed by atoms with van der Waals surface area (Å²) in [6, 6.07) is 2.13. The number of nitrogens with one attached hydrogen (secondary N) is 1. The van der Waals surface area contributed by atoms with E-state index >= 15 is 0 Å². The average Bonchev–Trinajstić information content (AvgIpc) is 3.05. The third kappa shape index (κ3) is 2.48. The highest BCUT2D eigenvalue weighted by molar-refractivity contribution is 5.99. The van der Waals surface area contributed by atoms with Gasteiger partial charge in [0.1, 0.15) is 5.56 Å². The largest absolute Gasteiger partial charge is 0.337 e. The van der Waals surface area contributed by atoms with Crippen molar-refractivity contribution in [1.82, 2.24) is 24.8 Å². The molecule has 0 aliphatic carbocycles. The van der Waals surface area contributed by atoms with Crippen LogP contribution < -0.4 is 5.32 Å². The number of hydrogen-bond acceptors (Lipinski definition) is 4.